The molecule has 2 amide bonds. The molecule has 2 rings (SSSR count). The first-order valence-corrected chi connectivity index (χ1v) is 5.56. The van der Waals surface area contributed by atoms with E-state index in [0.717, 1.165) is 11.3 Å². The smallest absolute Gasteiger partial charge is 0.234 e. The summed E-state index contributed by atoms with van der Waals surface area (Å²) < 4.78 is 0. The summed E-state index contributed by atoms with van der Waals surface area (Å²) in [7, 11) is 0. The summed E-state index contributed by atoms with van der Waals surface area (Å²) in [6.45, 7) is 4.12. The topological polar surface area (TPSA) is 37.4 Å². The summed E-state index contributed by atoms with van der Waals surface area (Å²) in [5.74, 6) is 0.133. The van der Waals surface area contributed by atoms with Crippen molar-refractivity contribution < 1.29 is 9.59 Å². The Morgan fingerprint density at radius 3 is 2.19 bits per heavy atom. The standard InChI is InChI=1S/C13H15NO2/c1-9(2)10-5-3-4-6-11(10)14-12(15)7-8-13(14)16/h3-6,9H,7-8H2,1-2H3. The third-order valence-electron chi connectivity index (χ3n) is 2.85. The summed E-state index contributed by atoms with van der Waals surface area (Å²) in [6, 6.07) is 7.61. The zero-order chi connectivity index (χ0) is 11.7. The minimum absolute atomic E-state index is 0.0851. The van der Waals surface area contributed by atoms with Crippen LogP contribution in [0.3, 0.4) is 0 Å². The minimum atomic E-state index is -0.0851. The van der Waals surface area contributed by atoms with E-state index in [2.05, 4.69) is 13.8 Å². The molecule has 84 valence electrons. The van der Waals surface area contributed by atoms with Crippen molar-refractivity contribution in [3.8, 4) is 0 Å². The molecule has 0 atom stereocenters. The Morgan fingerprint density at radius 1 is 1.06 bits per heavy atom. The van der Waals surface area contributed by atoms with E-state index in [0.29, 0.717) is 18.8 Å². The van der Waals surface area contributed by atoms with Gasteiger partial charge in [0.05, 0.1) is 5.69 Å². The van der Waals surface area contributed by atoms with Crippen LogP contribution >= 0.6 is 0 Å². The number of carbonyl (C=O) groups excluding carboxylic acids is 2. The number of carbonyl (C=O) groups is 2. The average Bonchev–Trinajstić information content (AvgIpc) is 2.58. The van der Waals surface area contributed by atoms with E-state index in [-0.39, 0.29) is 11.8 Å². The normalized spacial score (nSPS) is 16.3. The van der Waals surface area contributed by atoms with Gasteiger partial charge in [0.25, 0.3) is 0 Å². The van der Waals surface area contributed by atoms with Gasteiger partial charge in [-0.1, -0.05) is 32.0 Å². The summed E-state index contributed by atoms with van der Waals surface area (Å²) in [6.07, 6.45) is 0.677. The number of benzene rings is 1. The molecule has 1 aromatic rings. The highest BCUT2D eigenvalue weighted by molar-refractivity contribution is 6.20. The fraction of sp³-hybridized carbons (Fsp3) is 0.385. The number of hydrogen-bond acceptors (Lipinski definition) is 2. The maximum Gasteiger partial charge on any atom is 0.234 e. The number of nitrogens with zero attached hydrogens (tertiary/aromatic N) is 1. The number of anilines is 1. The number of para-hydroxylation sites is 1. The van der Waals surface area contributed by atoms with Crippen molar-refractivity contribution >= 4 is 17.5 Å². The lowest BCUT2D eigenvalue weighted by Gasteiger charge is -2.19. The van der Waals surface area contributed by atoms with Gasteiger partial charge in [-0.3, -0.25) is 14.5 Å². The molecular weight excluding hydrogens is 202 g/mol. The summed E-state index contributed by atoms with van der Waals surface area (Å²) >= 11 is 0. The molecule has 0 radical (unpaired) electrons. The third-order valence-corrected chi connectivity index (χ3v) is 2.85. The Morgan fingerprint density at radius 2 is 1.62 bits per heavy atom. The summed E-state index contributed by atoms with van der Waals surface area (Å²) in [5.41, 5.74) is 1.80. The van der Waals surface area contributed by atoms with Crippen LogP contribution in [-0.4, -0.2) is 11.8 Å². The maximum atomic E-state index is 11.7. The molecular formula is C13H15NO2. The number of rotatable bonds is 2. The van der Waals surface area contributed by atoms with Gasteiger partial charge in [-0.25, -0.2) is 0 Å². The molecule has 0 N–H and O–H groups in total. The van der Waals surface area contributed by atoms with Crippen LogP contribution < -0.4 is 4.90 Å². The van der Waals surface area contributed by atoms with Crippen molar-refractivity contribution in [1.29, 1.82) is 0 Å². The van der Waals surface area contributed by atoms with Crippen molar-refractivity contribution in [2.45, 2.75) is 32.6 Å². The molecule has 0 aromatic heterocycles. The van der Waals surface area contributed by atoms with Crippen LogP contribution in [0.1, 0.15) is 38.2 Å². The molecule has 3 nitrogen and oxygen atoms in total. The molecule has 1 fully saturated rings. The van der Waals surface area contributed by atoms with Gasteiger partial charge < -0.3 is 0 Å². The fourth-order valence-electron chi connectivity index (χ4n) is 2.02. The van der Waals surface area contributed by atoms with Crippen molar-refractivity contribution in [2.24, 2.45) is 0 Å². The Labute approximate surface area is 95.1 Å². The maximum absolute atomic E-state index is 11.7. The quantitative estimate of drug-likeness (QED) is 0.713. The molecule has 1 aliphatic rings. The summed E-state index contributed by atoms with van der Waals surface area (Å²) in [5, 5.41) is 0. The van der Waals surface area contributed by atoms with Crippen molar-refractivity contribution in [3.05, 3.63) is 29.8 Å². The highest BCUT2D eigenvalue weighted by Crippen LogP contribution is 2.30. The number of amides is 2. The Bertz CT molecular complexity index is 421. The van der Waals surface area contributed by atoms with Crippen molar-refractivity contribution in [2.75, 3.05) is 4.90 Å². The number of hydrogen-bond donors (Lipinski definition) is 0. The lowest BCUT2D eigenvalue weighted by Crippen LogP contribution is -2.29. The summed E-state index contributed by atoms with van der Waals surface area (Å²) in [4.78, 5) is 24.7. The van der Waals surface area contributed by atoms with Gasteiger partial charge in [-0.05, 0) is 17.5 Å². The number of imide groups is 1. The third kappa shape index (κ3) is 1.73. The Kier molecular flexibility index (Phi) is 2.77. The molecule has 0 spiro atoms. The highest BCUT2D eigenvalue weighted by atomic mass is 16.2. The second-order valence-electron chi connectivity index (χ2n) is 4.34. The molecule has 0 aliphatic carbocycles. The predicted octanol–water partition coefficient (Wildman–Crippen LogP) is 2.46. The first kappa shape index (κ1) is 10.9. The molecule has 0 unspecified atom stereocenters. The second kappa shape index (κ2) is 4.08. The average molecular weight is 217 g/mol. The molecule has 3 heteroatoms. The van der Waals surface area contributed by atoms with Crippen LogP contribution in [0.2, 0.25) is 0 Å². The molecule has 1 heterocycles. The fourth-order valence-corrected chi connectivity index (χ4v) is 2.02. The Balaban J connectivity index is 2.47. The van der Waals surface area contributed by atoms with Crippen molar-refractivity contribution in [1.82, 2.24) is 0 Å². The molecule has 0 saturated carbocycles. The van der Waals surface area contributed by atoms with E-state index >= 15 is 0 Å². The molecule has 16 heavy (non-hydrogen) atoms. The van der Waals surface area contributed by atoms with Gasteiger partial charge in [-0.2, -0.15) is 0 Å². The molecule has 0 bridgehead atoms. The first-order chi connectivity index (χ1) is 7.61. The van der Waals surface area contributed by atoms with Crippen LogP contribution in [0.5, 0.6) is 0 Å². The van der Waals surface area contributed by atoms with Gasteiger partial charge in [0, 0.05) is 12.8 Å². The zero-order valence-electron chi connectivity index (χ0n) is 9.56. The van der Waals surface area contributed by atoms with Gasteiger partial charge in [-0.15, -0.1) is 0 Å². The first-order valence-electron chi connectivity index (χ1n) is 5.56. The van der Waals surface area contributed by atoms with Crippen molar-refractivity contribution in [3.63, 3.8) is 0 Å². The monoisotopic (exact) mass is 217 g/mol. The van der Waals surface area contributed by atoms with Crippen LogP contribution in [0, 0.1) is 0 Å². The van der Waals surface area contributed by atoms with Crippen LogP contribution in [-0.2, 0) is 9.59 Å². The minimum Gasteiger partial charge on any atom is -0.274 e. The van der Waals surface area contributed by atoms with E-state index in [9.17, 15) is 9.59 Å². The lowest BCUT2D eigenvalue weighted by molar-refractivity contribution is -0.121. The lowest BCUT2D eigenvalue weighted by atomic mass is 10.0. The second-order valence-corrected chi connectivity index (χ2v) is 4.34. The van der Waals surface area contributed by atoms with Gasteiger partial charge in [0.1, 0.15) is 0 Å². The van der Waals surface area contributed by atoms with Gasteiger partial charge in [0.15, 0.2) is 0 Å². The molecule has 1 aliphatic heterocycles. The van der Waals surface area contributed by atoms with E-state index < -0.39 is 0 Å². The van der Waals surface area contributed by atoms with Crippen LogP contribution in [0.25, 0.3) is 0 Å². The van der Waals surface area contributed by atoms with Gasteiger partial charge in [0.2, 0.25) is 11.8 Å². The van der Waals surface area contributed by atoms with E-state index in [4.69, 9.17) is 0 Å². The zero-order valence-corrected chi connectivity index (χ0v) is 9.56. The van der Waals surface area contributed by atoms with Crippen LogP contribution in [0.4, 0.5) is 5.69 Å². The molecule has 1 saturated heterocycles. The van der Waals surface area contributed by atoms with Crippen LogP contribution in [0.15, 0.2) is 24.3 Å². The van der Waals surface area contributed by atoms with E-state index in [1.165, 1.54) is 4.90 Å². The molecule has 1 aromatic carbocycles. The Hall–Kier alpha value is -1.64. The SMILES string of the molecule is CC(C)c1ccccc1N1C(=O)CCC1=O. The van der Waals surface area contributed by atoms with E-state index in [1.54, 1.807) is 0 Å². The largest absolute Gasteiger partial charge is 0.274 e. The predicted molar refractivity (Wildman–Crippen MR) is 62.3 cm³/mol. The van der Waals surface area contributed by atoms with E-state index in [1.807, 2.05) is 24.3 Å². The van der Waals surface area contributed by atoms with Gasteiger partial charge >= 0.3 is 0 Å². The highest BCUT2D eigenvalue weighted by Gasteiger charge is 2.31.